The third-order valence-electron chi connectivity index (χ3n) is 0. The van der Waals surface area contributed by atoms with E-state index in [4.69, 9.17) is 37.3 Å². The molecular weight excluding hydrogens is 255 g/mol. The van der Waals surface area contributed by atoms with Gasteiger partial charge < -0.3 is 11.0 Å². The Morgan fingerprint density at radius 3 is 0.462 bits per heavy atom. The van der Waals surface area contributed by atoms with Crippen LogP contribution in [0.3, 0.4) is 0 Å². The van der Waals surface area contributed by atoms with Gasteiger partial charge in [-0.1, -0.05) is 0 Å². The van der Waals surface area contributed by atoms with E-state index in [0.717, 1.165) is 0 Å². The molecule has 0 fully saturated rings. The van der Waals surface area contributed by atoms with Gasteiger partial charge in [0.25, 0.3) is 0 Å². The van der Waals surface area contributed by atoms with E-state index in [1.54, 1.807) is 0 Å². The molecular formula is H4Cl2MgO10. The standard InChI is InChI=1S/2ClHO4.Mg.2H2O/c2*2-1(3,4)5;;;/h2*(H,2,3,4,5);;2*1H2/q;;+2;;/p-2. The third kappa shape index (κ3) is 1730. The second kappa shape index (κ2) is 11.0. The first kappa shape index (κ1) is 29.2. The van der Waals surface area contributed by atoms with Crippen LogP contribution in [0, 0.1) is 20.5 Å². The van der Waals surface area contributed by atoms with Crippen LogP contribution in [0.5, 0.6) is 0 Å². The summed E-state index contributed by atoms with van der Waals surface area (Å²) in [4.78, 5) is 0. The van der Waals surface area contributed by atoms with Gasteiger partial charge in [-0.2, -0.15) is 0 Å². The van der Waals surface area contributed by atoms with E-state index in [2.05, 4.69) is 0 Å². The van der Waals surface area contributed by atoms with Crippen LogP contribution >= 0.6 is 0 Å². The van der Waals surface area contributed by atoms with Crippen LogP contribution in [-0.4, -0.2) is 34.0 Å². The van der Waals surface area contributed by atoms with Crippen molar-refractivity contribution in [3.8, 4) is 0 Å². The molecule has 0 aliphatic heterocycles. The molecule has 0 rings (SSSR count). The van der Waals surface area contributed by atoms with Gasteiger partial charge in [-0.3, -0.25) is 0 Å². The maximum Gasteiger partial charge on any atom is 2.00 e. The number of hydrogen-bond donors (Lipinski definition) is 0. The van der Waals surface area contributed by atoms with Crippen LogP contribution < -0.4 is 37.3 Å². The molecule has 0 radical (unpaired) electrons. The SMILES string of the molecule is O.O.[Mg+2].[O-][Cl+3]([O-])([O-])[O-].[O-][Cl+3]([O-])([O-])[O-]. The molecule has 13 heteroatoms. The van der Waals surface area contributed by atoms with Gasteiger partial charge in [0.1, 0.15) is 0 Å². The van der Waals surface area contributed by atoms with Crippen LogP contribution in [0.1, 0.15) is 0 Å². The van der Waals surface area contributed by atoms with Crippen LogP contribution in [0.4, 0.5) is 0 Å². The van der Waals surface area contributed by atoms with E-state index in [0.29, 0.717) is 0 Å². The maximum atomic E-state index is 8.49. The number of halogens is 2. The zero-order chi connectivity index (χ0) is 9.00. The Morgan fingerprint density at radius 2 is 0.462 bits per heavy atom. The van der Waals surface area contributed by atoms with Crippen LogP contribution in [0.15, 0.2) is 0 Å². The normalized spacial score (nSPS) is 9.23. The molecule has 0 amide bonds. The Morgan fingerprint density at radius 1 is 0.462 bits per heavy atom. The zero-order valence-corrected chi connectivity index (χ0v) is 8.66. The molecule has 80 valence electrons. The summed E-state index contributed by atoms with van der Waals surface area (Å²) < 4.78 is 67.9. The van der Waals surface area contributed by atoms with Crippen molar-refractivity contribution >= 4 is 23.1 Å². The molecule has 0 saturated carbocycles. The molecule has 0 aliphatic rings. The summed E-state index contributed by atoms with van der Waals surface area (Å²) in [6, 6.07) is 0. The molecule has 4 N–H and O–H groups in total. The summed E-state index contributed by atoms with van der Waals surface area (Å²) in [5, 5.41) is 0. The Balaban J connectivity index is -0.0000000267. The zero-order valence-electron chi connectivity index (χ0n) is 5.73. The average molecular weight is 259 g/mol. The second-order valence-electron chi connectivity index (χ2n) is 0.756. The first-order valence-corrected chi connectivity index (χ1v) is 3.70. The molecule has 0 saturated heterocycles. The van der Waals surface area contributed by atoms with Crippen molar-refractivity contribution < 1.29 is 68.7 Å². The van der Waals surface area contributed by atoms with Gasteiger partial charge in [0.05, 0.1) is 0 Å². The van der Waals surface area contributed by atoms with Crippen molar-refractivity contribution in [2.24, 2.45) is 0 Å². The predicted molar refractivity (Wildman–Crippen MR) is 13.0 cm³/mol. The fourth-order valence-electron chi connectivity index (χ4n) is 0. The third-order valence-corrected chi connectivity index (χ3v) is 0. The molecule has 10 nitrogen and oxygen atoms in total. The van der Waals surface area contributed by atoms with Gasteiger partial charge in [0.15, 0.2) is 0 Å². The van der Waals surface area contributed by atoms with Crippen molar-refractivity contribution in [3.63, 3.8) is 0 Å². The Bertz CT molecular complexity index is 55.9. The molecule has 13 heavy (non-hydrogen) atoms. The average Bonchev–Trinajstić information content (AvgIpc) is 1.12. The van der Waals surface area contributed by atoms with Crippen LogP contribution in [0.2, 0.25) is 0 Å². The first-order chi connectivity index (χ1) is 4.00. The van der Waals surface area contributed by atoms with Gasteiger partial charge in [0, 0.05) is 0 Å². The largest absolute Gasteiger partial charge is 2.00 e. The van der Waals surface area contributed by atoms with E-state index in [-0.39, 0.29) is 34.0 Å². The summed E-state index contributed by atoms with van der Waals surface area (Å²) in [6.07, 6.45) is 0. The van der Waals surface area contributed by atoms with E-state index in [1.807, 2.05) is 0 Å². The molecule has 0 heterocycles. The van der Waals surface area contributed by atoms with Gasteiger partial charge in [-0.25, -0.2) is 37.3 Å². The van der Waals surface area contributed by atoms with E-state index >= 15 is 0 Å². The fraction of sp³-hybridized carbons (Fsp3) is 0. The molecule has 0 aromatic carbocycles. The number of hydrogen-bond acceptors (Lipinski definition) is 8. The van der Waals surface area contributed by atoms with Crippen LogP contribution in [-0.2, 0) is 0 Å². The Hall–Kier alpha value is 0.946. The number of rotatable bonds is 0. The van der Waals surface area contributed by atoms with Gasteiger partial charge >= 0.3 is 23.1 Å². The summed E-state index contributed by atoms with van der Waals surface area (Å²) in [5.74, 6) is 0. The van der Waals surface area contributed by atoms with Crippen molar-refractivity contribution in [1.82, 2.24) is 0 Å². The molecule has 0 aromatic heterocycles. The van der Waals surface area contributed by atoms with Crippen molar-refractivity contribution in [3.05, 3.63) is 0 Å². The Kier molecular flexibility index (Phi) is 24.8. The van der Waals surface area contributed by atoms with E-state index in [1.165, 1.54) is 0 Å². The monoisotopic (exact) mass is 258 g/mol. The second-order valence-corrected chi connectivity index (χ2v) is 2.27. The summed E-state index contributed by atoms with van der Waals surface area (Å²) in [6.45, 7) is 0. The summed E-state index contributed by atoms with van der Waals surface area (Å²) in [5.41, 5.74) is 0. The van der Waals surface area contributed by atoms with Crippen molar-refractivity contribution in [1.29, 1.82) is 0 Å². The van der Waals surface area contributed by atoms with E-state index < -0.39 is 20.5 Å². The predicted octanol–water partition coefficient (Wildman–Crippen LogP) is -11.5. The molecule has 0 spiro atoms. The Labute approximate surface area is 91.9 Å². The molecule has 0 aromatic rings. The minimum Gasteiger partial charge on any atom is -0.412 e. The van der Waals surface area contributed by atoms with E-state index in [9.17, 15) is 0 Å². The molecule has 0 unspecified atom stereocenters. The molecule has 0 atom stereocenters. The maximum absolute atomic E-state index is 8.49. The minimum absolute atomic E-state index is 0. The first-order valence-electron chi connectivity index (χ1n) is 1.23. The van der Waals surface area contributed by atoms with Gasteiger partial charge in [0.2, 0.25) is 0 Å². The fourth-order valence-corrected chi connectivity index (χ4v) is 0. The topological polar surface area (TPSA) is 247 Å². The molecule has 0 aliphatic carbocycles. The summed E-state index contributed by atoms with van der Waals surface area (Å²) in [7, 11) is -9.89. The minimum atomic E-state index is -4.94. The molecule has 0 bridgehead atoms. The van der Waals surface area contributed by atoms with Crippen molar-refractivity contribution in [2.75, 3.05) is 0 Å². The summed E-state index contributed by atoms with van der Waals surface area (Å²) >= 11 is 0. The van der Waals surface area contributed by atoms with Crippen molar-refractivity contribution in [2.45, 2.75) is 0 Å². The quantitative estimate of drug-likeness (QED) is 0.376. The smallest absolute Gasteiger partial charge is 0.412 e. The van der Waals surface area contributed by atoms with Crippen LogP contribution in [0.25, 0.3) is 0 Å². The van der Waals surface area contributed by atoms with Gasteiger partial charge in [-0.15, -0.1) is 20.5 Å². The van der Waals surface area contributed by atoms with Gasteiger partial charge in [-0.05, 0) is 0 Å².